The van der Waals surface area contributed by atoms with E-state index in [0.29, 0.717) is 0 Å². The maximum atomic E-state index is 5.35. The van der Waals surface area contributed by atoms with E-state index >= 15 is 0 Å². The summed E-state index contributed by atoms with van der Waals surface area (Å²) >= 11 is 0. The molecule has 0 unspecified atom stereocenters. The lowest BCUT2D eigenvalue weighted by Gasteiger charge is -2.33. The van der Waals surface area contributed by atoms with Gasteiger partial charge in [-0.05, 0) is 48.7 Å². The predicted molar refractivity (Wildman–Crippen MR) is 110 cm³/mol. The van der Waals surface area contributed by atoms with E-state index in [9.17, 15) is 0 Å². The molecule has 2 aromatic carbocycles. The van der Waals surface area contributed by atoms with Gasteiger partial charge in [-0.15, -0.1) is 0 Å². The van der Waals surface area contributed by atoms with Crippen molar-refractivity contribution >= 4 is 6.21 Å². The first-order valence-electron chi connectivity index (χ1n) is 9.38. The second-order valence-electron chi connectivity index (χ2n) is 7.02. The number of methoxy groups -OCH3 is 2. The fraction of sp³-hybridized carbons (Fsp3) is 0.409. The summed E-state index contributed by atoms with van der Waals surface area (Å²) in [6, 6.07) is 12.6. The Morgan fingerprint density at radius 2 is 1.67 bits per heavy atom. The van der Waals surface area contributed by atoms with Crippen molar-refractivity contribution in [1.29, 1.82) is 0 Å². The van der Waals surface area contributed by atoms with E-state index in [-0.39, 0.29) is 0 Å². The zero-order valence-corrected chi connectivity index (χ0v) is 16.7. The van der Waals surface area contributed by atoms with Crippen LogP contribution in [0.25, 0.3) is 0 Å². The topological polar surface area (TPSA) is 37.3 Å². The number of nitrogens with zero attached hydrogens (tertiary/aromatic N) is 3. The van der Waals surface area contributed by atoms with Crippen molar-refractivity contribution in [1.82, 2.24) is 9.91 Å². The van der Waals surface area contributed by atoms with Crippen molar-refractivity contribution in [3.63, 3.8) is 0 Å². The zero-order valence-electron chi connectivity index (χ0n) is 16.7. The normalized spacial score (nSPS) is 15.3. The molecule has 144 valence electrons. The van der Waals surface area contributed by atoms with Gasteiger partial charge in [0.25, 0.3) is 0 Å². The third-order valence-corrected chi connectivity index (χ3v) is 5.02. The molecule has 5 nitrogen and oxygen atoms in total. The molecule has 0 radical (unpaired) electrons. The van der Waals surface area contributed by atoms with Crippen LogP contribution in [0.5, 0.6) is 11.5 Å². The van der Waals surface area contributed by atoms with E-state index in [1.807, 2.05) is 24.4 Å². The predicted octanol–water partition coefficient (Wildman–Crippen LogP) is 3.47. The van der Waals surface area contributed by atoms with Crippen LogP contribution >= 0.6 is 0 Å². The lowest BCUT2D eigenvalue weighted by molar-refractivity contribution is 0.131. The number of hydrogen-bond acceptors (Lipinski definition) is 5. The highest BCUT2D eigenvalue weighted by molar-refractivity contribution is 5.80. The first-order chi connectivity index (χ1) is 13.1. The van der Waals surface area contributed by atoms with Crippen molar-refractivity contribution in [2.45, 2.75) is 20.4 Å². The number of rotatable bonds is 6. The van der Waals surface area contributed by atoms with Crippen molar-refractivity contribution in [3.8, 4) is 11.5 Å². The maximum Gasteiger partial charge on any atom is 0.161 e. The molecule has 0 saturated carbocycles. The summed E-state index contributed by atoms with van der Waals surface area (Å²) in [6.45, 7) is 9.29. The molecular weight excluding hydrogens is 338 g/mol. The van der Waals surface area contributed by atoms with Gasteiger partial charge < -0.3 is 9.47 Å². The lowest BCUT2D eigenvalue weighted by Crippen LogP contribution is -2.43. The van der Waals surface area contributed by atoms with E-state index < -0.39 is 0 Å². The Balaban J connectivity index is 1.54. The molecule has 2 aromatic rings. The van der Waals surface area contributed by atoms with Crippen LogP contribution < -0.4 is 9.47 Å². The number of ether oxygens (including phenoxy) is 2. The van der Waals surface area contributed by atoms with Crippen molar-refractivity contribution < 1.29 is 9.47 Å². The van der Waals surface area contributed by atoms with Crippen LogP contribution in [0, 0.1) is 13.8 Å². The smallest absolute Gasteiger partial charge is 0.161 e. The number of hydrogen-bond donors (Lipinski definition) is 0. The summed E-state index contributed by atoms with van der Waals surface area (Å²) in [6.07, 6.45) is 1.89. The zero-order chi connectivity index (χ0) is 19.2. The third-order valence-electron chi connectivity index (χ3n) is 5.02. The molecule has 1 fully saturated rings. The van der Waals surface area contributed by atoms with Crippen molar-refractivity contribution in [2.75, 3.05) is 40.4 Å². The molecule has 0 aliphatic carbocycles. The number of piperazine rings is 1. The summed E-state index contributed by atoms with van der Waals surface area (Å²) < 4.78 is 10.6. The molecule has 0 bridgehead atoms. The Labute approximate surface area is 162 Å². The minimum atomic E-state index is 0.722. The second-order valence-corrected chi connectivity index (χ2v) is 7.02. The Hall–Kier alpha value is -2.53. The van der Waals surface area contributed by atoms with E-state index in [2.05, 4.69) is 47.1 Å². The highest BCUT2D eigenvalue weighted by atomic mass is 16.5. The van der Waals surface area contributed by atoms with Crippen LogP contribution in [0.2, 0.25) is 0 Å². The number of benzene rings is 2. The molecular formula is C22H29N3O2. The summed E-state index contributed by atoms with van der Waals surface area (Å²) in [5, 5.41) is 6.77. The summed E-state index contributed by atoms with van der Waals surface area (Å²) in [5.41, 5.74) is 5.13. The molecule has 0 amide bonds. The van der Waals surface area contributed by atoms with E-state index in [0.717, 1.165) is 49.8 Å². The van der Waals surface area contributed by atoms with Gasteiger partial charge in [0.2, 0.25) is 0 Å². The average Bonchev–Trinajstić information content (AvgIpc) is 2.69. The van der Waals surface area contributed by atoms with Crippen molar-refractivity contribution in [3.05, 3.63) is 58.7 Å². The molecule has 5 heteroatoms. The quantitative estimate of drug-likeness (QED) is 0.733. The standard InChI is InChI=1S/C22H29N3O2/c1-17-5-7-20(18(2)13-17)16-24-9-11-25(12-10-24)23-15-19-6-8-21(26-3)22(14-19)27-4/h5-8,13-15H,9-12,16H2,1-4H3/b23-15-. The maximum absolute atomic E-state index is 5.35. The van der Waals surface area contributed by atoms with Gasteiger partial charge in [-0.25, -0.2) is 0 Å². The van der Waals surface area contributed by atoms with Gasteiger partial charge in [0.05, 0.1) is 20.4 Å². The average molecular weight is 367 g/mol. The Morgan fingerprint density at radius 1 is 0.926 bits per heavy atom. The monoisotopic (exact) mass is 367 g/mol. The van der Waals surface area contributed by atoms with Gasteiger partial charge in [0.15, 0.2) is 11.5 Å². The highest BCUT2D eigenvalue weighted by Gasteiger charge is 2.16. The first-order valence-corrected chi connectivity index (χ1v) is 9.38. The molecule has 1 aliphatic heterocycles. The Morgan fingerprint density at radius 3 is 2.33 bits per heavy atom. The molecule has 0 aromatic heterocycles. The molecule has 1 saturated heterocycles. The second kappa shape index (κ2) is 8.91. The third kappa shape index (κ3) is 5.01. The van der Waals surface area contributed by atoms with Gasteiger partial charge in [-0.1, -0.05) is 23.8 Å². The van der Waals surface area contributed by atoms with Crippen LogP contribution in [0.1, 0.15) is 22.3 Å². The van der Waals surface area contributed by atoms with E-state index in [1.54, 1.807) is 14.2 Å². The molecule has 1 aliphatic rings. The molecule has 0 spiro atoms. The number of aryl methyl sites for hydroxylation is 2. The van der Waals surface area contributed by atoms with Gasteiger partial charge in [-0.2, -0.15) is 5.10 Å². The van der Waals surface area contributed by atoms with Crippen LogP contribution in [0.3, 0.4) is 0 Å². The SMILES string of the molecule is COc1ccc(/C=N\N2CCN(Cc3ccc(C)cc3C)CC2)cc1OC. The molecule has 27 heavy (non-hydrogen) atoms. The summed E-state index contributed by atoms with van der Waals surface area (Å²) in [5.74, 6) is 1.45. The van der Waals surface area contributed by atoms with Crippen LogP contribution in [-0.4, -0.2) is 56.5 Å². The van der Waals surface area contributed by atoms with Crippen LogP contribution in [0.4, 0.5) is 0 Å². The number of hydrazone groups is 1. The molecule has 1 heterocycles. The fourth-order valence-electron chi connectivity index (χ4n) is 3.36. The minimum Gasteiger partial charge on any atom is -0.493 e. The molecule has 0 N–H and O–H groups in total. The van der Waals surface area contributed by atoms with Gasteiger partial charge >= 0.3 is 0 Å². The van der Waals surface area contributed by atoms with E-state index in [4.69, 9.17) is 9.47 Å². The fourth-order valence-corrected chi connectivity index (χ4v) is 3.36. The Kier molecular flexibility index (Phi) is 6.35. The summed E-state index contributed by atoms with van der Waals surface area (Å²) in [7, 11) is 3.29. The summed E-state index contributed by atoms with van der Waals surface area (Å²) in [4.78, 5) is 2.50. The largest absolute Gasteiger partial charge is 0.493 e. The Bertz CT molecular complexity index is 796. The molecule has 0 atom stereocenters. The van der Waals surface area contributed by atoms with Gasteiger partial charge in [-0.3, -0.25) is 9.91 Å². The van der Waals surface area contributed by atoms with Crippen molar-refractivity contribution in [2.24, 2.45) is 5.10 Å². The van der Waals surface area contributed by atoms with Gasteiger partial charge in [0, 0.05) is 32.7 Å². The van der Waals surface area contributed by atoms with Crippen LogP contribution in [-0.2, 0) is 6.54 Å². The van der Waals surface area contributed by atoms with Gasteiger partial charge in [0.1, 0.15) is 0 Å². The lowest BCUT2D eigenvalue weighted by atomic mass is 10.1. The minimum absolute atomic E-state index is 0.722. The van der Waals surface area contributed by atoms with E-state index in [1.165, 1.54) is 16.7 Å². The highest BCUT2D eigenvalue weighted by Crippen LogP contribution is 2.27. The molecule has 3 rings (SSSR count). The van der Waals surface area contributed by atoms with Crippen LogP contribution in [0.15, 0.2) is 41.5 Å². The first kappa shape index (κ1) is 19.2.